The molecule has 1 aromatic carbocycles. The normalized spacial score (nSPS) is 21.2. The standard InChI is InChI=1S/C11H15Cl2O2PS3.C10H13N5O5/c1-3-14-16(17,15-4-2)19-8-18-11-7-9(12)5-6-10(11)13;11-10-13-7-4(8(19)14-10)12-2-15(7)9-6(18)5(17)3(1-16)20-9/h5-7H,3-4,8H2,1-2H3;2-3,5-6,9,16-18H,1H2,(H3,11,13,14,19)/t;3-,5-,6-,9-/m.1/s1. The van der Waals surface area contributed by atoms with E-state index in [2.05, 4.69) is 15.0 Å². The van der Waals surface area contributed by atoms with Crippen molar-refractivity contribution in [1.29, 1.82) is 0 Å². The number of hydrogen-bond donors (Lipinski definition) is 5. The molecule has 0 radical (unpaired) electrons. The lowest BCUT2D eigenvalue weighted by Gasteiger charge is -2.19. The quantitative estimate of drug-likeness (QED) is 0.122. The lowest BCUT2D eigenvalue weighted by molar-refractivity contribution is -0.0511. The fourth-order valence-electron chi connectivity index (χ4n) is 3.41. The predicted octanol–water partition coefficient (Wildman–Crippen LogP) is 3.39. The van der Waals surface area contributed by atoms with Gasteiger partial charge in [-0.25, -0.2) is 4.98 Å². The largest absolute Gasteiger partial charge is 0.394 e. The number of imidazole rings is 1. The Kier molecular flexibility index (Phi) is 12.4. The van der Waals surface area contributed by atoms with Crippen molar-refractivity contribution in [3.8, 4) is 0 Å². The maximum Gasteiger partial charge on any atom is 0.280 e. The van der Waals surface area contributed by atoms with Crippen molar-refractivity contribution in [1.82, 2.24) is 19.5 Å². The predicted molar refractivity (Wildman–Crippen MR) is 158 cm³/mol. The Labute approximate surface area is 247 Å². The molecule has 39 heavy (non-hydrogen) atoms. The number of aromatic amines is 1. The van der Waals surface area contributed by atoms with Gasteiger partial charge >= 0.3 is 0 Å². The summed E-state index contributed by atoms with van der Waals surface area (Å²) in [6, 6.07) is 5.41. The zero-order chi connectivity index (χ0) is 28.7. The van der Waals surface area contributed by atoms with E-state index in [9.17, 15) is 15.0 Å². The van der Waals surface area contributed by atoms with Crippen molar-refractivity contribution < 1.29 is 29.1 Å². The molecule has 4 atom stereocenters. The van der Waals surface area contributed by atoms with Crippen LogP contribution in [0.2, 0.25) is 10.0 Å². The van der Waals surface area contributed by atoms with Crippen LogP contribution in [0.3, 0.4) is 0 Å². The Balaban J connectivity index is 0.000000216. The summed E-state index contributed by atoms with van der Waals surface area (Å²) < 4.78 is 17.8. The minimum absolute atomic E-state index is 0.0388. The van der Waals surface area contributed by atoms with Crippen molar-refractivity contribution in [2.45, 2.75) is 43.3 Å². The third-order valence-corrected chi connectivity index (χ3v) is 12.9. The molecule has 18 heteroatoms. The van der Waals surface area contributed by atoms with Crippen LogP contribution in [-0.4, -0.2) is 78.1 Å². The number of nitrogens with zero attached hydrogens (tertiary/aromatic N) is 3. The van der Waals surface area contributed by atoms with E-state index in [0.29, 0.717) is 23.3 Å². The number of H-pyrrole nitrogens is 1. The van der Waals surface area contributed by atoms with Gasteiger partial charge in [0.15, 0.2) is 17.4 Å². The highest BCUT2D eigenvalue weighted by Crippen LogP contribution is 2.62. The summed E-state index contributed by atoms with van der Waals surface area (Å²) >= 11 is 20.6. The molecule has 3 aromatic rings. The van der Waals surface area contributed by atoms with Crippen molar-refractivity contribution in [3.63, 3.8) is 0 Å². The molecule has 216 valence electrons. The van der Waals surface area contributed by atoms with Crippen LogP contribution in [0.15, 0.2) is 34.2 Å². The summed E-state index contributed by atoms with van der Waals surface area (Å²) in [5.41, 5.74) is 2.89. The summed E-state index contributed by atoms with van der Waals surface area (Å²) in [5, 5.41) is 30.8. The van der Waals surface area contributed by atoms with E-state index in [1.165, 1.54) is 22.3 Å². The molecule has 0 unspecified atom stereocenters. The number of benzene rings is 1. The fourth-order valence-corrected chi connectivity index (χ4v) is 10.9. The summed E-state index contributed by atoms with van der Waals surface area (Å²) in [4.78, 5) is 22.7. The zero-order valence-electron chi connectivity index (χ0n) is 20.8. The molecule has 4 rings (SSSR count). The molecule has 2 aromatic heterocycles. The molecule has 1 aliphatic heterocycles. The number of fused-ring (bicyclic) bond motifs is 1. The van der Waals surface area contributed by atoms with E-state index in [4.69, 9.17) is 59.6 Å². The molecule has 0 aliphatic carbocycles. The van der Waals surface area contributed by atoms with Crippen molar-refractivity contribution in [2.75, 3.05) is 30.6 Å². The molecule has 1 saturated heterocycles. The first kappa shape index (κ1) is 32.6. The summed E-state index contributed by atoms with van der Waals surface area (Å²) in [6.45, 7) is 4.51. The minimum Gasteiger partial charge on any atom is -0.394 e. The highest BCUT2D eigenvalue weighted by atomic mass is 35.5. The van der Waals surface area contributed by atoms with Crippen molar-refractivity contribution in [3.05, 3.63) is 44.9 Å². The molecule has 0 amide bonds. The van der Waals surface area contributed by atoms with Gasteiger partial charge in [-0.15, -0.1) is 11.8 Å². The van der Waals surface area contributed by atoms with Crippen LogP contribution in [-0.2, 0) is 25.6 Å². The maximum atomic E-state index is 11.7. The number of hydrogen-bond acceptors (Lipinski definition) is 13. The maximum absolute atomic E-state index is 11.7. The highest BCUT2D eigenvalue weighted by molar-refractivity contribution is 8.69. The summed E-state index contributed by atoms with van der Waals surface area (Å²) in [6.07, 6.45) is -3.21. The first-order valence-electron chi connectivity index (χ1n) is 11.5. The molecule has 0 saturated carbocycles. The molecular formula is C21H28Cl2N5O7PS3. The lowest BCUT2D eigenvalue weighted by atomic mass is 10.1. The van der Waals surface area contributed by atoms with Gasteiger partial charge in [0.25, 0.3) is 5.56 Å². The second-order valence-corrected chi connectivity index (χ2v) is 16.3. The number of nitrogens with one attached hydrogen (secondary N) is 1. The van der Waals surface area contributed by atoms with Gasteiger partial charge in [0.1, 0.15) is 18.3 Å². The molecule has 1 fully saturated rings. The zero-order valence-corrected chi connectivity index (χ0v) is 25.6. The van der Waals surface area contributed by atoms with Gasteiger partial charge in [-0.05, 0) is 43.9 Å². The average molecular weight is 661 g/mol. The Morgan fingerprint density at radius 3 is 2.56 bits per heavy atom. The first-order valence-corrected chi connectivity index (χ1v) is 17.5. The molecular weight excluding hydrogens is 632 g/mol. The van der Waals surface area contributed by atoms with E-state index in [0.717, 1.165) is 9.98 Å². The Bertz CT molecular complexity index is 1360. The third kappa shape index (κ3) is 8.31. The number of nitrogens with two attached hydrogens (primary N) is 1. The van der Waals surface area contributed by atoms with Crippen LogP contribution >= 0.6 is 52.0 Å². The number of rotatable bonds is 10. The number of ether oxygens (including phenoxy) is 1. The second kappa shape index (κ2) is 14.8. The minimum atomic E-state index is -2.23. The topological polar surface area (TPSA) is 178 Å². The molecule has 6 N–H and O–H groups in total. The fraction of sp³-hybridized carbons (Fsp3) is 0.476. The molecule has 12 nitrogen and oxygen atoms in total. The monoisotopic (exact) mass is 659 g/mol. The third-order valence-electron chi connectivity index (χ3n) is 5.13. The summed E-state index contributed by atoms with van der Waals surface area (Å²) in [7, 11) is 0. The molecule has 1 aliphatic rings. The Morgan fingerprint density at radius 1 is 1.26 bits per heavy atom. The van der Waals surface area contributed by atoms with E-state index >= 15 is 0 Å². The first-order chi connectivity index (χ1) is 18.5. The number of anilines is 1. The number of thioether (sulfide) groups is 1. The Morgan fingerprint density at radius 2 is 1.95 bits per heavy atom. The van der Waals surface area contributed by atoms with Gasteiger partial charge in [-0.2, -0.15) is 4.98 Å². The van der Waals surface area contributed by atoms with Gasteiger partial charge in [0, 0.05) is 9.92 Å². The number of aromatic nitrogens is 4. The second-order valence-electron chi connectivity index (χ2n) is 7.75. The van der Waals surface area contributed by atoms with Gasteiger partial charge < -0.3 is 34.8 Å². The van der Waals surface area contributed by atoms with Crippen LogP contribution in [0.4, 0.5) is 5.95 Å². The smallest absolute Gasteiger partial charge is 0.280 e. The van der Waals surface area contributed by atoms with Gasteiger partial charge in [-0.1, -0.05) is 34.6 Å². The van der Waals surface area contributed by atoms with E-state index in [1.54, 1.807) is 23.9 Å². The van der Waals surface area contributed by atoms with E-state index in [1.807, 2.05) is 19.9 Å². The lowest BCUT2D eigenvalue weighted by Crippen LogP contribution is -2.33. The average Bonchev–Trinajstić information content (AvgIpc) is 3.42. The van der Waals surface area contributed by atoms with E-state index < -0.39 is 42.4 Å². The van der Waals surface area contributed by atoms with Crippen LogP contribution < -0.4 is 11.3 Å². The Hall–Kier alpha value is -0.940. The number of aliphatic hydroxyl groups excluding tert-OH is 3. The summed E-state index contributed by atoms with van der Waals surface area (Å²) in [5.74, 6) is -0.101. The number of aliphatic hydroxyl groups is 3. The number of halogens is 2. The van der Waals surface area contributed by atoms with Gasteiger partial charge in [-0.3, -0.25) is 14.3 Å². The van der Waals surface area contributed by atoms with Crippen LogP contribution in [0, 0.1) is 0 Å². The van der Waals surface area contributed by atoms with Gasteiger partial charge in [0.05, 0.1) is 36.3 Å². The molecule has 0 spiro atoms. The van der Waals surface area contributed by atoms with Crippen LogP contribution in [0.25, 0.3) is 11.2 Å². The molecule has 0 bridgehead atoms. The highest BCUT2D eigenvalue weighted by Gasteiger charge is 2.44. The van der Waals surface area contributed by atoms with Crippen molar-refractivity contribution >= 4 is 81.0 Å². The van der Waals surface area contributed by atoms with Crippen LogP contribution in [0.1, 0.15) is 20.1 Å². The molecule has 3 heterocycles. The van der Waals surface area contributed by atoms with Crippen molar-refractivity contribution in [2.24, 2.45) is 0 Å². The van der Waals surface area contributed by atoms with Gasteiger partial charge in [0.2, 0.25) is 11.6 Å². The van der Waals surface area contributed by atoms with E-state index in [-0.39, 0.29) is 17.1 Å². The number of nitrogen functional groups attached to an aromatic ring is 1. The SMILES string of the molecule is CCOP(=S)(OCC)SCSc1cc(Cl)ccc1Cl.Nc1nc2c(ncn2[C@@H]2O[C@H](CO)[C@@H](O)[C@H]2O)c(=O)[nH]1. The van der Waals surface area contributed by atoms with Crippen LogP contribution in [0.5, 0.6) is 0 Å².